The van der Waals surface area contributed by atoms with Crippen molar-refractivity contribution in [1.82, 2.24) is 10.6 Å². The van der Waals surface area contributed by atoms with E-state index in [1.165, 1.54) is 0 Å². The Bertz CT molecular complexity index is 1350. The lowest BCUT2D eigenvalue weighted by Crippen LogP contribution is -2.65. The van der Waals surface area contributed by atoms with Gasteiger partial charge >= 0.3 is 17.7 Å². The first-order valence-electron chi connectivity index (χ1n) is 13.4. The SMILES string of the molecule is O=C(NC1CC1)C(=O)[N+]1(C(=O)C(Cc2ccccc2)NC(=O)c2cccc(Oc3ccccc3)c2)CCCC1. The molecule has 0 radical (unpaired) electrons. The molecule has 1 unspecified atom stereocenters. The van der Waals surface area contributed by atoms with Gasteiger partial charge in [0.15, 0.2) is 0 Å². The summed E-state index contributed by atoms with van der Waals surface area (Å²) in [6, 6.07) is 24.3. The highest BCUT2D eigenvalue weighted by molar-refractivity contribution is 6.34. The number of nitrogens with zero attached hydrogens (tertiary/aromatic N) is 1. The van der Waals surface area contributed by atoms with Gasteiger partial charge in [0.05, 0.1) is 13.1 Å². The number of amides is 4. The molecule has 1 atom stereocenters. The Morgan fingerprint density at radius 2 is 1.46 bits per heavy atom. The van der Waals surface area contributed by atoms with E-state index in [0.29, 0.717) is 29.9 Å². The fourth-order valence-electron chi connectivity index (χ4n) is 4.98. The predicted octanol–water partition coefficient (Wildman–Crippen LogP) is 3.76. The molecule has 0 aromatic heterocycles. The van der Waals surface area contributed by atoms with E-state index in [1.807, 2.05) is 60.7 Å². The number of carbonyl (C=O) groups is 4. The van der Waals surface area contributed by atoms with Crippen molar-refractivity contribution in [3.63, 3.8) is 0 Å². The van der Waals surface area contributed by atoms with Crippen molar-refractivity contribution in [1.29, 1.82) is 0 Å². The van der Waals surface area contributed by atoms with E-state index in [1.54, 1.807) is 24.3 Å². The number of para-hydroxylation sites is 1. The Balaban J connectivity index is 1.39. The Hall–Kier alpha value is -4.30. The number of carbonyl (C=O) groups excluding carboxylic acids is 4. The van der Waals surface area contributed by atoms with E-state index in [9.17, 15) is 19.2 Å². The maximum absolute atomic E-state index is 14.1. The van der Waals surface area contributed by atoms with Gasteiger partial charge in [-0.25, -0.2) is 9.59 Å². The van der Waals surface area contributed by atoms with E-state index in [2.05, 4.69) is 10.6 Å². The first-order valence-corrected chi connectivity index (χ1v) is 13.4. The second-order valence-electron chi connectivity index (χ2n) is 10.2. The summed E-state index contributed by atoms with van der Waals surface area (Å²) in [5.74, 6) is -1.27. The van der Waals surface area contributed by atoms with Gasteiger partial charge in [-0.3, -0.25) is 9.59 Å². The van der Waals surface area contributed by atoms with Gasteiger partial charge in [0.25, 0.3) is 5.91 Å². The van der Waals surface area contributed by atoms with Crippen LogP contribution in [-0.2, 0) is 20.8 Å². The summed E-state index contributed by atoms with van der Waals surface area (Å²) in [6.07, 6.45) is 3.18. The van der Waals surface area contributed by atoms with E-state index in [-0.39, 0.29) is 25.6 Å². The number of likely N-dealkylation sites (tertiary alicyclic amines) is 1. The molecule has 39 heavy (non-hydrogen) atoms. The maximum atomic E-state index is 14.1. The number of benzene rings is 3. The van der Waals surface area contributed by atoms with Crippen LogP contribution in [0.15, 0.2) is 84.9 Å². The molecular formula is C31H32N3O5+. The third-order valence-corrected chi connectivity index (χ3v) is 7.21. The lowest BCUT2D eigenvalue weighted by Gasteiger charge is -2.31. The molecule has 8 nitrogen and oxygen atoms in total. The number of quaternary nitrogens is 1. The highest BCUT2D eigenvalue weighted by atomic mass is 16.5. The van der Waals surface area contributed by atoms with Crippen molar-refractivity contribution in [2.24, 2.45) is 0 Å². The van der Waals surface area contributed by atoms with Crippen molar-refractivity contribution < 1.29 is 28.4 Å². The summed E-state index contributed by atoms with van der Waals surface area (Å²) in [7, 11) is 0. The molecule has 2 aliphatic rings. The number of nitrogens with one attached hydrogen (secondary N) is 2. The average molecular weight is 527 g/mol. The fraction of sp³-hybridized carbons (Fsp3) is 0.290. The molecule has 1 aliphatic carbocycles. The minimum Gasteiger partial charge on any atom is -0.457 e. The Morgan fingerprint density at radius 1 is 0.821 bits per heavy atom. The summed E-state index contributed by atoms with van der Waals surface area (Å²) < 4.78 is 5.29. The zero-order valence-electron chi connectivity index (χ0n) is 21.7. The van der Waals surface area contributed by atoms with Crippen molar-refractivity contribution in [2.75, 3.05) is 13.1 Å². The van der Waals surface area contributed by atoms with E-state index in [0.717, 1.165) is 18.4 Å². The van der Waals surface area contributed by atoms with Crippen LogP contribution in [0, 0.1) is 0 Å². The Kier molecular flexibility index (Phi) is 7.84. The number of imide groups is 1. The number of rotatable bonds is 8. The number of ether oxygens (including phenoxy) is 1. The van der Waals surface area contributed by atoms with Gasteiger partial charge in [-0.1, -0.05) is 54.6 Å². The molecule has 3 aromatic carbocycles. The summed E-state index contributed by atoms with van der Waals surface area (Å²) in [4.78, 5) is 53.8. The highest BCUT2D eigenvalue weighted by Crippen LogP contribution is 2.26. The molecule has 3 aromatic rings. The van der Waals surface area contributed by atoms with E-state index in [4.69, 9.17) is 4.74 Å². The minimum atomic E-state index is -1.01. The highest BCUT2D eigenvalue weighted by Gasteiger charge is 2.53. The number of hydrogen-bond donors (Lipinski definition) is 2. The topological polar surface area (TPSA) is 102 Å². The standard InChI is InChI=1S/C31H31N3O5/c35-28(23-12-9-15-26(21-23)39-25-13-5-2-6-14-25)33-27(20-22-10-3-1-4-11-22)30(37)34(18-7-8-19-34)31(38)29(36)32-24-16-17-24/h1-6,9-15,21,24,27H,7-8,16-20H2,(H-,32,33,35,36)/p+1. The molecule has 4 amide bonds. The Labute approximate surface area is 227 Å². The molecule has 1 saturated heterocycles. The van der Waals surface area contributed by atoms with Crippen LogP contribution in [0.25, 0.3) is 0 Å². The maximum Gasteiger partial charge on any atom is 0.411 e. The average Bonchev–Trinajstić information content (AvgIpc) is 3.64. The van der Waals surface area contributed by atoms with E-state index < -0.39 is 34.2 Å². The van der Waals surface area contributed by atoms with Crippen LogP contribution >= 0.6 is 0 Å². The smallest absolute Gasteiger partial charge is 0.411 e. The quantitative estimate of drug-likeness (QED) is 0.344. The second kappa shape index (κ2) is 11.6. The molecule has 200 valence electrons. The predicted molar refractivity (Wildman–Crippen MR) is 145 cm³/mol. The van der Waals surface area contributed by atoms with Gasteiger partial charge in [0.2, 0.25) is 0 Å². The minimum absolute atomic E-state index is 0.00408. The van der Waals surface area contributed by atoms with Crippen LogP contribution < -0.4 is 15.4 Å². The number of hydrogen-bond acceptors (Lipinski definition) is 5. The first-order chi connectivity index (χ1) is 18.9. The van der Waals surface area contributed by atoms with Crippen LogP contribution in [0.2, 0.25) is 0 Å². The molecule has 1 aliphatic heterocycles. The molecule has 1 saturated carbocycles. The van der Waals surface area contributed by atoms with Crippen molar-refractivity contribution in [2.45, 2.75) is 44.2 Å². The van der Waals surface area contributed by atoms with Gasteiger partial charge in [0.1, 0.15) is 17.5 Å². The first kappa shape index (κ1) is 26.3. The summed E-state index contributed by atoms with van der Waals surface area (Å²) in [5, 5.41) is 5.61. The van der Waals surface area contributed by atoms with Crippen LogP contribution in [0.1, 0.15) is 41.6 Å². The molecule has 8 heteroatoms. The zero-order valence-corrected chi connectivity index (χ0v) is 21.7. The normalized spacial score (nSPS) is 16.6. The zero-order chi connectivity index (χ0) is 27.2. The molecule has 2 N–H and O–H groups in total. The second-order valence-corrected chi connectivity index (χ2v) is 10.2. The summed E-state index contributed by atoms with van der Waals surface area (Å²) >= 11 is 0. The van der Waals surface area contributed by atoms with Crippen molar-refractivity contribution >= 4 is 23.6 Å². The van der Waals surface area contributed by atoms with Gasteiger partial charge in [-0.2, -0.15) is 4.48 Å². The summed E-state index contributed by atoms with van der Waals surface area (Å²) in [6.45, 7) is 0.495. The third-order valence-electron chi connectivity index (χ3n) is 7.21. The third kappa shape index (κ3) is 6.23. The van der Waals surface area contributed by atoms with Crippen molar-refractivity contribution in [3.8, 4) is 11.5 Å². The van der Waals surface area contributed by atoms with Gasteiger partial charge < -0.3 is 15.4 Å². The molecule has 1 heterocycles. The van der Waals surface area contributed by atoms with Gasteiger partial charge in [0, 0.05) is 30.9 Å². The van der Waals surface area contributed by atoms with E-state index >= 15 is 0 Å². The van der Waals surface area contributed by atoms with Crippen LogP contribution in [0.3, 0.4) is 0 Å². The lowest BCUT2D eigenvalue weighted by atomic mass is 10.0. The largest absolute Gasteiger partial charge is 0.457 e. The molecule has 2 fully saturated rings. The van der Waals surface area contributed by atoms with Crippen LogP contribution in [-0.4, -0.2) is 53.3 Å². The van der Waals surface area contributed by atoms with Gasteiger partial charge in [-0.15, -0.1) is 0 Å². The molecule has 0 spiro atoms. The molecule has 0 bridgehead atoms. The molecule has 5 rings (SSSR count). The summed E-state index contributed by atoms with van der Waals surface area (Å²) in [5.41, 5.74) is 1.16. The van der Waals surface area contributed by atoms with Gasteiger partial charge in [-0.05, 0) is 48.7 Å². The monoisotopic (exact) mass is 526 g/mol. The fourth-order valence-corrected chi connectivity index (χ4v) is 4.98. The Morgan fingerprint density at radius 3 is 2.13 bits per heavy atom. The van der Waals surface area contributed by atoms with Crippen LogP contribution in [0.4, 0.5) is 0 Å². The van der Waals surface area contributed by atoms with Crippen LogP contribution in [0.5, 0.6) is 11.5 Å². The lowest BCUT2D eigenvalue weighted by molar-refractivity contribution is -0.762. The van der Waals surface area contributed by atoms with Crippen molar-refractivity contribution in [3.05, 3.63) is 96.1 Å². The molecular weight excluding hydrogens is 494 g/mol.